The molecule has 0 fully saturated rings. The highest BCUT2D eigenvalue weighted by Gasteiger charge is 2.03. The molecule has 0 aliphatic heterocycles. The molecule has 2 heteroatoms. The van der Waals surface area contributed by atoms with Crippen molar-refractivity contribution in [2.45, 2.75) is 19.4 Å². The molecule has 2 rings (SSSR count). The highest BCUT2D eigenvalue weighted by atomic mass is 16.5. The van der Waals surface area contributed by atoms with Gasteiger partial charge in [0.1, 0.15) is 5.75 Å². The van der Waals surface area contributed by atoms with Crippen molar-refractivity contribution in [3.05, 3.63) is 65.7 Å². The summed E-state index contributed by atoms with van der Waals surface area (Å²) in [6.45, 7) is 3.17. The van der Waals surface area contributed by atoms with E-state index in [1.165, 1.54) is 11.1 Å². The van der Waals surface area contributed by atoms with Gasteiger partial charge in [0, 0.05) is 6.04 Å². The van der Waals surface area contributed by atoms with Gasteiger partial charge in [0.05, 0.1) is 7.11 Å². The summed E-state index contributed by atoms with van der Waals surface area (Å²) < 4.78 is 5.15. The Labute approximate surface area is 115 Å². The van der Waals surface area contributed by atoms with Gasteiger partial charge in [-0.05, 0) is 43.1 Å². The van der Waals surface area contributed by atoms with E-state index in [1.807, 2.05) is 18.2 Å². The second kappa shape index (κ2) is 6.95. The van der Waals surface area contributed by atoms with Gasteiger partial charge in [0.15, 0.2) is 0 Å². The molecule has 0 spiro atoms. The minimum absolute atomic E-state index is 0.388. The Morgan fingerprint density at radius 1 is 1.00 bits per heavy atom. The van der Waals surface area contributed by atoms with E-state index in [-0.39, 0.29) is 0 Å². The van der Waals surface area contributed by atoms with E-state index < -0.39 is 0 Å². The monoisotopic (exact) mass is 255 g/mol. The van der Waals surface area contributed by atoms with Gasteiger partial charge in [-0.1, -0.05) is 42.5 Å². The largest absolute Gasteiger partial charge is 0.497 e. The second-order valence-corrected chi connectivity index (χ2v) is 4.68. The van der Waals surface area contributed by atoms with Gasteiger partial charge in [0.25, 0.3) is 0 Å². The van der Waals surface area contributed by atoms with E-state index >= 15 is 0 Å². The average Bonchev–Trinajstić information content (AvgIpc) is 2.49. The SMILES string of the molecule is COc1ccc(CCN[C@H](C)c2ccccc2)cc1. The fourth-order valence-electron chi connectivity index (χ4n) is 2.08. The third-order valence-electron chi connectivity index (χ3n) is 3.32. The van der Waals surface area contributed by atoms with Crippen molar-refractivity contribution >= 4 is 0 Å². The Morgan fingerprint density at radius 3 is 2.32 bits per heavy atom. The van der Waals surface area contributed by atoms with Crippen molar-refractivity contribution in [3.8, 4) is 5.75 Å². The third kappa shape index (κ3) is 4.11. The van der Waals surface area contributed by atoms with Crippen molar-refractivity contribution in [1.82, 2.24) is 5.32 Å². The molecule has 0 bridgehead atoms. The molecular weight excluding hydrogens is 234 g/mol. The zero-order valence-electron chi connectivity index (χ0n) is 11.6. The summed E-state index contributed by atoms with van der Waals surface area (Å²) in [5.41, 5.74) is 2.66. The van der Waals surface area contributed by atoms with Crippen molar-refractivity contribution in [3.63, 3.8) is 0 Å². The summed E-state index contributed by atoms with van der Waals surface area (Å²) in [7, 11) is 1.69. The smallest absolute Gasteiger partial charge is 0.118 e. The number of benzene rings is 2. The van der Waals surface area contributed by atoms with Gasteiger partial charge in [-0.15, -0.1) is 0 Å². The maximum atomic E-state index is 5.15. The van der Waals surface area contributed by atoms with Gasteiger partial charge in [-0.3, -0.25) is 0 Å². The van der Waals surface area contributed by atoms with Gasteiger partial charge in [0.2, 0.25) is 0 Å². The standard InChI is InChI=1S/C17H21NO/c1-14(16-6-4-3-5-7-16)18-13-12-15-8-10-17(19-2)11-9-15/h3-11,14,18H,12-13H2,1-2H3/t14-/m1/s1. The van der Waals surface area contributed by atoms with Crippen LogP contribution in [-0.4, -0.2) is 13.7 Å². The van der Waals surface area contributed by atoms with Crippen molar-refractivity contribution in [1.29, 1.82) is 0 Å². The molecule has 1 N–H and O–H groups in total. The first-order valence-corrected chi connectivity index (χ1v) is 6.71. The Morgan fingerprint density at radius 2 is 1.68 bits per heavy atom. The Bertz CT molecular complexity index is 478. The van der Waals surface area contributed by atoms with Crippen LogP contribution in [0.5, 0.6) is 5.75 Å². The van der Waals surface area contributed by atoms with Crippen LogP contribution in [0.1, 0.15) is 24.1 Å². The molecule has 1 atom stereocenters. The third-order valence-corrected chi connectivity index (χ3v) is 3.32. The summed E-state index contributed by atoms with van der Waals surface area (Å²) in [5.74, 6) is 0.911. The lowest BCUT2D eigenvalue weighted by Gasteiger charge is -2.14. The Hall–Kier alpha value is -1.80. The van der Waals surface area contributed by atoms with Crippen molar-refractivity contribution < 1.29 is 4.74 Å². The summed E-state index contributed by atoms with van der Waals surface area (Å²) >= 11 is 0. The molecule has 0 radical (unpaired) electrons. The molecule has 2 aromatic carbocycles. The molecular formula is C17H21NO. The molecule has 0 aromatic heterocycles. The summed E-state index contributed by atoms with van der Waals surface area (Å²) in [5, 5.41) is 3.54. The minimum atomic E-state index is 0.388. The van der Waals surface area contributed by atoms with Crippen LogP contribution in [0.4, 0.5) is 0 Å². The molecule has 0 aliphatic carbocycles. The minimum Gasteiger partial charge on any atom is -0.497 e. The quantitative estimate of drug-likeness (QED) is 0.851. The number of nitrogens with one attached hydrogen (secondary N) is 1. The number of methoxy groups -OCH3 is 1. The van der Waals surface area contributed by atoms with Crippen molar-refractivity contribution in [2.24, 2.45) is 0 Å². The van der Waals surface area contributed by atoms with E-state index in [0.717, 1.165) is 18.7 Å². The number of ether oxygens (including phenoxy) is 1. The van der Waals surface area contributed by atoms with Crippen LogP contribution in [0, 0.1) is 0 Å². The molecule has 0 saturated heterocycles. The first kappa shape index (κ1) is 13.6. The summed E-state index contributed by atoms with van der Waals surface area (Å²) in [6, 6.07) is 19.2. The molecule has 2 nitrogen and oxygen atoms in total. The van der Waals surface area contributed by atoms with E-state index in [4.69, 9.17) is 4.74 Å². The zero-order chi connectivity index (χ0) is 13.5. The summed E-state index contributed by atoms with van der Waals surface area (Å²) in [6.07, 6.45) is 1.03. The lowest BCUT2D eigenvalue weighted by Crippen LogP contribution is -2.21. The number of hydrogen-bond donors (Lipinski definition) is 1. The Kier molecular flexibility index (Phi) is 4.99. The Balaban J connectivity index is 1.79. The van der Waals surface area contributed by atoms with Gasteiger partial charge >= 0.3 is 0 Å². The molecule has 0 aliphatic rings. The molecule has 0 unspecified atom stereocenters. The predicted molar refractivity (Wildman–Crippen MR) is 79.6 cm³/mol. The maximum absolute atomic E-state index is 5.15. The molecule has 0 amide bonds. The van der Waals surface area contributed by atoms with Crippen LogP contribution in [0.2, 0.25) is 0 Å². The first-order chi connectivity index (χ1) is 9.29. The fourth-order valence-corrected chi connectivity index (χ4v) is 2.08. The molecule has 0 saturated carbocycles. The van der Waals surface area contributed by atoms with Crippen LogP contribution in [0.15, 0.2) is 54.6 Å². The molecule has 19 heavy (non-hydrogen) atoms. The average molecular weight is 255 g/mol. The maximum Gasteiger partial charge on any atom is 0.118 e. The van der Waals surface area contributed by atoms with Crippen LogP contribution in [-0.2, 0) is 6.42 Å². The van der Waals surface area contributed by atoms with Crippen LogP contribution in [0.25, 0.3) is 0 Å². The van der Waals surface area contributed by atoms with Gasteiger partial charge < -0.3 is 10.1 Å². The predicted octanol–water partition coefficient (Wildman–Crippen LogP) is 3.59. The number of rotatable bonds is 6. The topological polar surface area (TPSA) is 21.3 Å². The van der Waals surface area contributed by atoms with Crippen molar-refractivity contribution in [2.75, 3.05) is 13.7 Å². The second-order valence-electron chi connectivity index (χ2n) is 4.68. The van der Waals surface area contributed by atoms with Gasteiger partial charge in [-0.2, -0.15) is 0 Å². The van der Waals surface area contributed by atoms with E-state index in [0.29, 0.717) is 6.04 Å². The van der Waals surface area contributed by atoms with E-state index in [1.54, 1.807) is 7.11 Å². The fraction of sp³-hybridized carbons (Fsp3) is 0.294. The highest BCUT2D eigenvalue weighted by Crippen LogP contribution is 2.13. The first-order valence-electron chi connectivity index (χ1n) is 6.71. The van der Waals surface area contributed by atoms with E-state index in [9.17, 15) is 0 Å². The zero-order valence-corrected chi connectivity index (χ0v) is 11.6. The lowest BCUT2D eigenvalue weighted by atomic mass is 10.1. The highest BCUT2D eigenvalue weighted by molar-refractivity contribution is 5.27. The van der Waals surface area contributed by atoms with E-state index in [2.05, 4.69) is 48.6 Å². The summed E-state index contributed by atoms with van der Waals surface area (Å²) in [4.78, 5) is 0. The van der Waals surface area contributed by atoms with Gasteiger partial charge in [-0.25, -0.2) is 0 Å². The molecule has 2 aromatic rings. The number of hydrogen-bond acceptors (Lipinski definition) is 2. The normalized spacial score (nSPS) is 12.1. The molecule has 100 valence electrons. The van der Waals surface area contributed by atoms with Crippen LogP contribution in [0.3, 0.4) is 0 Å². The van der Waals surface area contributed by atoms with Crippen LogP contribution >= 0.6 is 0 Å². The molecule has 0 heterocycles. The lowest BCUT2D eigenvalue weighted by molar-refractivity contribution is 0.414. The van der Waals surface area contributed by atoms with Crippen LogP contribution < -0.4 is 10.1 Å².